The number of allylic oxidation sites excluding steroid dienone is 2. The SMILES string of the molecule is COC1=C(C)C(=O)c2c(cc(CSc3ccccc3)c3c2CC2OC(C)(C)OC32)C1=O. The quantitative estimate of drug-likeness (QED) is 0.627. The van der Waals surface area contributed by atoms with Crippen LogP contribution in [0.15, 0.2) is 52.6 Å². The second-order valence-electron chi connectivity index (χ2n) is 8.57. The van der Waals surface area contributed by atoms with Gasteiger partial charge in [-0.1, -0.05) is 18.2 Å². The van der Waals surface area contributed by atoms with Crippen LogP contribution in [-0.2, 0) is 26.4 Å². The molecule has 2 aromatic rings. The van der Waals surface area contributed by atoms with Crippen molar-refractivity contribution in [2.45, 2.75) is 55.8 Å². The van der Waals surface area contributed by atoms with Crippen molar-refractivity contribution in [2.24, 2.45) is 0 Å². The molecule has 0 bridgehead atoms. The van der Waals surface area contributed by atoms with Gasteiger partial charge >= 0.3 is 0 Å². The monoisotopic (exact) mass is 436 g/mol. The maximum absolute atomic E-state index is 13.3. The lowest BCUT2D eigenvalue weighted by atomic mass is 9.82. The van der Waals surface area contributed by atoms with Gasteiger partial charge in [0.15, 0.2) is 17.3 Å². The molecule has 160 valence electrons. The lowest BCUT2D eigenvalue weighted by molar-refractivity contribution is -0.148. The summed E-state index contributed by atoms with van der Waals surface area (Å²) in [7, 11) is 1.43. The molecule has 2 atom stereocenters. The van der Waals surface area contributed by atoms with Crippen LogP contribution in [0, 0.1) is 0 Å². The van der Waals surface area contributed by atoms with Crippen molar-refractivity contribution in [3.05, 3.63) is 75.5 Å². The molecule has 0 N–H and O–H groups in total. The third-order valence-corrected chi connectivity index (χ3v) is 7.20. The first-order valence-electron chi connectivity index (χ1n) is 10.4. The number of Topliss-reactive ketones (excluding diaryl/α,β-unsaturated/α-hetero) is 2. The van der Waals surface area contributed by atoms with E-state index in [1.807, 2.05) is 38.1 Å². The van der Waals surface area contributed by atoms with Crippen molar-refractivity contribution in [1.29, 1.82) is 0 Å². The van der Waals surface area contributed by atoms with Crippen molar-refractivity contribution in [2.75, 3.05) is 7.11 Å². The Balaban J connectivity index is 1.64. The third-order valence-electron chi connectivity index (χ3n) is 6.13. The van der Waals surface area contributed by atoms with E-state index in [1.54, 1.807) is 18.7 Å². The molecule has 0 saturated carbocycles. The van der Waals surface area contributed by atoms with Crippen LogP contribution in [0.1, 0.15) is 64.3 Å². The zero-order chi connectivity index (χ0) is 21.9. The van der Waals surface area contributed by atoms with Crippen molar-refractivity contribution in [3.8, 4) is 0 Å². The molecule has 0 amide bonds. The van der Waals surface area contributed by atoms with E-state index in [-0.39, 0.29) is 29.5 Å². The van der Waals surface area contributed by atoms with Gasteiger partial charge < -0.3 is 14.2 Å². The van der Waals surface area contributed by atoms with Gasteiger partial charge in [-0.2, -0.15) is 0 Å². The number of ketones is 2. The summed E-state index contributed by atoms with van der Waals surface area (Å²) in [5, 5.41) is 0. The summed E-state index contributed by atoms with van der Waals surface area (Å²) in [5.74, 6) is -0.261. The molecule has 1 saturated heterocycles. The zero-order valence-electron chi connectivity index (χ0n) is 18.0. The lowest BCUT2D eigenvalue weighted by Crippen LogP contribution is -2.26. The summed E-state index contributed by atoms with van der Waals surface area (Å²) in [6, 6.07) is 12.0. The van der Waals surface area contributed by atoms with Gasteiger partial charge in [0.1, 0.15) is 6.10 Å². The molecule has 2 unspecified atom stereocenters. The number of thioether (sulfide) groups is 1. The van der Waals surface area contributed by atoms with Crippen LogP contribution in [0.25, 0.3) is 0 Å². The molecule has 0 spiro atoms. The Labute approximate surface area is 185 Å². The first kappa shape index (κ1) is 20.5. The highest BCUT2D eigenvalue weighted by molar-refractivity contribution is 7.98. The second kappa shape index (κ2) is 7.33. The van der Waals surface area contributed by atoms with E-state index in [4.69, 9.17) is 14.2 Å². The molecule has 2 aromatic carbocycles. The predicted octanol–water partition coefficient (Wildman–Crippen LogP) is 5.03. The van der Waals surface area contributed by atoms with E-state index in [0.717, 1.165) is 21.6 Å². The number of benzene rings is 2. The largest absolute Gasteiger partial charge is 0.492 e. The van der Waals surface area contributed by atoms with E-state index < -0.39 is 5.79 Å². The molecule has 1 heterocycles. The first-order valence-corrected chi connectivity index (χ1v) is 11.4. The number of hydrogen-bond donors (Lipinski definition) is 0. The van der Waals surface area contributed by atoms with E-state index in [0.29, 0.717) is 28.9 Å². The highest BCUT2D eigenvalue weighted by atomic mass is 32.2. The smallest absolute Gasteiger partial charge is 0.228 e. The van der Waals surface area contributed by atoms with Crippen molar-refractivity contribution >= 4 is 23.3 Å². The van der Waals surface area contributed by atoms with Gasteiger partial charge in [-0.3, -0.25) is 9.59 Å². The van der Waals surface area contributed by atoms with E-state index in [1.165, 1.54) is 7.11 Å². The number of carbonyl (C=O) groups is 2. The number of carbonyl (C=O) groups excluding carboxylic acids is 2. The molecule has 1 fully saturated rings. The third kappa shape index (κ3) is 3.25. The predicted molar refractivity (Wildman–Crippen MR) is 117 cm³/mol. The minimum atomic E-state index is -0.675. The van der Waals surface area contributed by atoms with E-state index in [9.17, 15) is 9.59 Å². The highest BCUT2D eigenvalue weighted by Crippen LogP contribution is 2.50. The normalized spacial score (nSPS) is 23.6. The second-order valence-corrected chi connectivity index (χ2v) is 9.62. The Morgan fingerprint density at radius 1 is 1.13 bits per heavy atom. The molecule has 2 aliphatic carbocycles. The summed E-state index contributed by atoms with van der Waals surface area (Å²) in [4.78, 5) is 27.6. The molecular formula is C25H24O5S. The van der Waals surface area contributed by atoms with Crippen LogP contribution in [0.2, 0.25) is 0 Å². The molecule has 0 radical (unpaired) electrons. The zero-order valence-corrected chi connectivity index (χ0v) is 18.8. The molecule has 1 aliphatic heterocycles. The lowest BCUT2D eigenvalue weighted by Gasteiger charge is -2.25. The Morgan fingerprint density at radius 3 is 2.58 bits per heavy atom. The number of ether oxygens (including phenoxy) is 3. The summed E-state index contributed by atoms with van der Waals surface area (Å²) >= 11 is 1.70. The molecule has 5 nitrogen and oxygen atoms in total. The number of fused-ring (bicyclic) bond motifs is 5. The average Bonchev–Trinajstić information content (AvgIpc) is 3.23. The van der Waals surface area contributed by atoms with Crippen LogP contribution in [0.4, 0.5) is 0 Å². The molecule has 31 heavy (non-hydrogen) atoms. The Bertz CT molecular complexity index is 1130. The van der Waals surface area contributed by atoms with Gasteiger partial charge in [-0.05, 0) is 55.7 Å². The fraction of sp³-hybridized carbons (Fsp3) is 0.360. The number of hydrogen-bond acceptors (Lipinski definition) is 6. The fourth-order valence-electron chi connectivity index (χ4n) is 4.88. The van der Waals surface area contributed by atoms with Crippen LogP contribution < -0.4 is 0 Å². The van der Waals surface area contributed by atoms with Crippen molar-refractivity contribution < 1.29 is 23.8 Å². The fourth-order valence-corrected chi connectivity index (χ4v) is 5.79. The summed E-state index contributed by atoms with van der Waals surface area (Å²) < 4.78 is 17.7. The standard InChI is InChI=1S/C25H24O5S/c1-13-21(26)20-16-11-18-24(30-25(2,3)29-18)19(16)14(10-17(20)22(27)23(13)28-4)12-31-15-8-6-5-7-9-15/h5-10,18,24H,11-12H2,1-4H3. The summed E-state index contributed by atoms with van der Waals surface area (Å²) in [6.45, 7) is 5.47. The number of rotatable bonds is 4. The minimum absolute atomic E-state index is 0.130. The number of methoxy groups -OCH3 is 1. The Hall–Kier alpha value is -2.41. The summed E-state index contributed by atoms with van der Waals surface area (Å²) in [5.41, 5.74) is 4.17. The highest BCUT2D eigenvalue weighted by Gasteiger charge is 2.50. The van der Waals surface area contributed by atoms with Crippen LogP contribution in [0.3, 0.4) is 0 Å². The van der Waals surface area contributed by atoms with Crippen LogP contribution in [-0.4, -0.2) is 30.6 Å². The van der Waals surface area contributed by atoms with Crippen molar-refractivity contribution in [3.63, 3.8) is 0 Å². The molecule has 5 rings (SSSR count). The summed E-state index contributed by atoms with van der Waals surface area (Å²) in [6.07, 6.45) is 0.162. The topological polar surface area (TPSA) is 61.8 Å². The molecule has 6 heteroatoms. The molecule has 3 aliphatic rings. The van der Waals surface area contributed by atoms with Crippen molar-refractivity contribution in [1.82, 2.24) is 0 Å². The maximum atomic E-state index is 13.3. The van der Waals surface area contributed by atoms with Crippen LogP contribution >= 0.6 is 11.8 Å². The van der Waals surface area contributed by atoms with E-state index in [2.05, 4.69) is 12.1 Å². The van der Waals surface area contributed by atoms with Gasteiger partial charge in [-0.25, -0.2) is 0 Å². The average molecular weight is 437 g/mol. The van der Waals surface area contributed by atoms with Gasteiger partial charge in [-0.15, -0.1) is 11.8 Å². The van der Waals surface area contributed by atoms with Gasteiger partial charge in [0.2, 0.25) is 5.78 Å². The van der Waals surface area contributed by atoms with Gasteiger partial charge in [0.05, 0.1) is 13.2 Å². The Morgan fingerprint density at radius 2 is 1.87 bits per heavy atom. The maximum Gasteiger partial charge on any atom is 0.228 e. The Kier molecular flexibility index (Phi) is 4.84. The molecule has 0 aromatic heterocycles. The molecular weight excluding hydrogens is 412 g/mol. The first-order chi connectivity index (χ1) is 14.8. The van der Waals surface area contributed by atoms with Gasteiger partial charge in [0, 0.05) is 33.8 Å². The minimum Gasteiger partial charge on any atom is -0.492 e. The van der Waals surface area contributed by atoms with Gasteiger partial charge in [0.25, 0.3) is 0 Å². The van der Waals surface area contributed by atoms with Crippen LogP contribution in [0.5, 0.6) is 0 Å². The van der Waals surface area contributed by atoms with E-state index >= 15 is 0 Å².